The Hall–Kier alpha value is -3.54. The number of carbonyl (C=O) groups is 1. The SMILES string of the molecule is CC(C)(F)CN1CCC(COc2ccc(-c3ccc(C(=O)N4CCn5c(nnc5C(F)(F)F)C4)c(F)c3)cc2)CC1. The maximum Gasteiger partial charge on any atom is 0.451 e. The third kappa shape index (κ3) is 6.86. The van der Waals surface area contributed by atoms with Crippen molar-refractivity contribution in [2.24, 2.45) is 5.92 Å². The molecule has 2 aromatic carbocycles. The maximum atomic E-state index is 15.0. The van der Waals surface area contributed by atoms with Crippen LogP contribution in [0.25, 0.3) is 11.1 Å². The van der Waals surface area contributed by atoms with Crippen molar-refractivity contribution >= 4 is 5.91 Å². The fraction of sp³-hybridized carbons (Fsp3) is 0.483. The van der Waals surface area contributed by atoms with Crippen LogP contribution >= 0.6 is 0 Å². The Balaban J connectivity index is 1.16. The van der Waals surface area contributed by atoms with Crippen LogP contribution in [0.2, 0.25) is 0 Å². The van der Waals surface area contributed by atoms with Gasteiger partial charge in [0.15, 0.2) is 5.82 Å². The standard InChI is InChI=1S/C29H32F5N5O2/c1-28(2,31)18-37-11-9-19(10-12-37)17-41-22-6-3-20(4-7-22)21-5-8-23(24(30)15-21)26(40)38-13-14-39-25(16-38)35-36-27(39)29(32,33)34/h3-8,15,19H,9-14,16-18H2,1-2H3. The van der Waals surface area contributed by atoms with Crippen LogP contribution in [0.3, 0.4) is 0 Å². The van der Waals surface area contributed by atoms with Crippen molar-refractivity contribution in [3.05, 3.63) is 65.5 Å². The molecule has 0 bridgehead atoms. The van der Waals surface area contributed by atoms with Gasteiger partial charge in [0, 0.05) is 19.6 Å². The minimum atomic E-state index is -4.64. The summed E-state index contributed by atoms with van der Waals surface area (Å²) >= 11 is 0. The lowest BCUT2D eigenvalue weighted by Gasteiger charge is -2.34. The van der Waals surface area contributed by atoms with Crippen LogP contribution in [0.15, 0.2) is 42.5 Å². The minimum absolute atomic E-state index is 0.00237. The molecule has 1 fully saturated rings. The van der Waals surface area contributed by atoms with Gasteiger partial charge in [-0.2, -0.15) is 13.2 Å². The molecule has 0 radical (unpaired) electrons. The highest BCUT2D eigenvalue weighted by Gasteiger charge is 2.40. The number of aromatic nitrogens is 3. The Bertz CT molecular complexity index is 1380. The van der Waals surface area contributed by atoms with E-state index in [2.05, 4.69) is 15.1 Å². The third-order valence-corrected chi connectivity index (χ3v) is 7.47. The Labute approximate surface area is 234 Å². The van der Waals surface area contributed by atoms with Gasteiger partial charge in [-0.25, -0.2) is 8.78 Å². The first kappa shape index (κ1) is 29.0. The van der Waals surface area contributed by atoms with E-state index in [1.165, 1.54) is 17.0 Å². The van der Waals surface area contributed by atoms with Crippen LogP contribution in [-0.2, 0) is 19.3 Å². The van der Waals surface area contributed by atoms with Gasteiger partial charge < -0.3 is 19.1 Å². The molecule has 0 N–H and O–H groups in total. The third-order valence-electron chi connectivity index (χ3n) is 7.47. The number of fused-ring (bicyclic) bond motifs is 1. The van der Waals surface area contributed by atoms with E-state index in [0.717, 1.165) is 36.1 Å². The molecular formula is C29H32F5N5O2. The van der Waals surface area contributed by atoms with Crippen LogP contribution in [0.1, 0.15) is 48.7 Å². The molecule has 1 amide bonds. The van der Waals surface area contributed by atoms with E-state index in [1.807, 2.05) is 24.3 Å². The summed E-state index contributed by atoms with van der Waals surface area (Å²) in [6.45, 7) is 5.55. The largest absolute Gasteiger partial charge is 0.493 e. The van der Waals surface area contributed by atoms with E-state index in [-0.39, 0.29) is 31.0 Å². The first-order valence-electron chi connectivity index (χ1n) is 13.6. The highest BCUT2D eigenvalue weighted by molar-refractivity contribution is 5.95. The number of alkyl halides is 4. The first-order chi connectivity index (χ1) is 19.4. The molecule has 5 rings (SSSR count). The number of ether oxygens (including phenoxy) is 1. The van der Waals surface area contributed by atoms with Gasteiger partial charge in [-0.1, -0.05) is 18.2 Å². The topological polar surface area (TPSA) is 63.5 Å². The molecule has 0 spiro atoms. The number of halogens is 5. The smallest absolute Gasteiger partial charge is 0.451 e. The van der Waals surface area contributed by atoms with Crippen LogP contribution < -0.4 is 4.74 Å². The Morgan fingerprint density at radius 2 is 1.63 bits per heavy atom. The summed E-state index contributed by atoms with van der Waals surface area (Å²) in [6, 6.07) is 11.5. The zero-order chi connectivity index (χ0) is 29.4. The van der Waals surface area contributed by atoms with Crippen LogP contribution in [0.4, 0.5) is 22.0 Å². The Morgan fingerprint density at radius 1 is 0.951 bits per heavy atom. The first-order valence-corrected chi connectivity index (χ1v) is 13.6. The van der Waals surface area contributed by atoms with E-state index < -0.39 is 29.4 Å². The number of rotatable bonds is 7. The summed E-state index contributed by atoms with van der Waals surface area (Å²) in [5, 5.41) is 6.77. The number of amides is 1. The molecular weight excluding hydrogens is 545 g/mol. The molecule has 3 heterocycles. The normalized spacial score (nSPS) is 17.0. The van der Waals surface area contributed by atoms with Gasteiger partial charge in [-0.3, -0.25) is 4.79 Å². The second-order valence-corrected chi connectivity index (χ2v) is 11.3. The number of hydrogen-bond acceptors (Lipinski definition) is 5. The fourth-order valence-corrected chi connectivity index (χ4v) is 5.38. The zero-order valence-corrected chi connectivity index (χ0v) is 22.9. The summed E-state index contributed by atoms with van der Waals surface area (Å²) in [7, 11) is 0. The van der Waals surface area contributed by atoms with Gasteiger partial charge in [-0.05, 0) is 81.1 Å². The molecule has 0 saturated carbocycles. The van der Waals surface area contributed by atoms with E-state index in [1.54, 1.807) is 19.9 Å². The van der Waals surface area contributed by atoms with Crippen LogP contribution in [0.5, 0.6) is 5.75 Å². The lowest BCUT2D eigenvalue weighted by molar-refractivity contribution is -0.147. The van der Waals surface area contributed by atoms with E-state index >= 15 is 4.39 Å². The molecule has 1 aromatic heterocycles. The summed E-state index contributed by atoms with van der Waals surface area (Å²) < 4.78 is 75.1. The summed E-state index contributed by atoms with van der Waals surface area (Å²) in [5.74, 6) is -1.36. The van der Waals surface area contributed by atoms with Gasteiger partial charge in [0.05, 0.1) is 18.7 Å². The molecule has 2 aliphatic rings. The Kier molecular flexibility index (Phi) is 8.04. The second kappa shape index (κ2) is 11.4. The molecule has 7 nitrogen and oxygen atoms in total. The van der Waals surface area contributed by atoms with Crippen LogP contribution in [0, 0.1) is 11.7 Å². The minimum Gasteiger partial charge on any atom is -0.493 e. The number of likely N-dealkylation sites (tertiary alicyclic amines) is 1. The summed E-state index contributed by atoms with van der Waals surface area (Å²) in [4.78, 5) is 16.4. The lowest BCUT2D eigenvalue weighted by atomic mass is 9.97. The van der Waals surface area contributed by atoms with Gasteiger partial charge in [0.25, 0.3) is 5.91 Å². The highest BCUT2D eigenvalue weighted by Crippen LogP contribution is 2.30. The molecule has 0 aliphatic carbocycles. The average molecular weight is 578 g/mol. The average Bonchev–Trinajstić information content (AvgIpc) is 3.36. The number of hydrogen-bond donors (Lipinski definition) is 0. The number of carbonyl (C=O) groups excluding carboxylic acids is 1. The molecule has 41 heavy (non-hydrogen) atoms. The summed E-state index contributed by atoms with van der Waals surface area (Å²) in [5.41, 5.74) is -0.0582. The van der Waals surface area contributed by atoms with E-state index in [0.29, 0.717) is 30.4 Å². The van der Waals surface area contributed by atoms with Gasteiger partial charge in [-0.15, -0.1) is 10.2 Å². The lowest BCUT2D eigenvalue weighted by Crippen LogP contribution is -2.41. The van der Waals surface area contributed by atoms with Crippen molar-refractivity contribution in [3.8, 4) is 16.9 Å². The van der Waals surface area contributed by atoms with Crippen molar-refractivity contribution in [1.29, 1.82) is 0 Å². The van der Waals surface area contributed by atoms with E-state index in [4.69, 9.17) is 4.74 Å². The quantitative estimate of drug-likeness (QED) is 0.343. The number of nitrogens with zero attached hydrogens (tertiary/aromatic N) is 5. The van der Waals surface area contributed by atoms with Crippen molar-refractivity contribution in [3.63, 3.8) is 0 Å². The fourth-order valence-electron chi connectivity index (χ4n) is 5.38. The van der Waals surface area contributed by atoms with Gasteiger partial charge >= 0.3 is 6.18 Å². The Morgan fingerprint density at radius 3 is 2.27 bits per heavy atom. The van der Waals surface area contributed by atoms with E-state index in [9.17, 15) is 22.4 Å². The molecule has 0 atom stereocenters. The molecule has 2 aliphatic heterocycles. The molecule has 0 unspecified atom stereocenters. The predicted molar refractivity (Wildman–Crippen MR) is 141 cm³/mol. The zero-order valence-electron chi connectivity index (χ0n) is 22.9. The monoisotopic (exact) mass is 577 g/mol. The molecule has 3 aromatic rings. The van der Waals surface area contributed by atoms with Crippen molar-refractivity contribution in [2.75, 3.05) is 32.8 Å². The van der Waals surface area contributed by atoms with Crippen molar-refractivity contribution < 1.29 is 31.5 Å². The summed E-state index contributed by atoms with van der Waals surface area (Å²) in [6.07, 6.45) is -2.74. The van der Waals surface area contributed by atoms with Gasteiger partial charge in [0.1, 0.15) is 17.2 Å². The highest BCUT2D eigenvalue weighted by atomic mass is 19.4. The number of piperidine rings is 1. The van der Waals surface area contributed by atoms with Gasteiger partial charge in [0.2, 0.25) is 5.82 Å². The van der Waals surface area contributed by atoms with Crippen molar-refractivity contribution in [2.45, 2.75) is 51.6 Å². The maximum absolute atomic E-state index is 15.0. The second-order valence-electron chi connectivity index (χ2n) is 11.3. The molecule has 12 heteroatoms. The van der Waals surface area contributed by atoms with Crippen molar-refractivity contribution in [1.82, 2.24) is 24.6 Å². The number of benzene rings is 2. The van der Waals surface area contributed by atoms with Crippen LogP contribution in [-0.4, -0.2) is 68.9 Å². The molecule has 1 saturated heterocycles. The predicted octanol–water partition coefficient (Wildman–Crippen LogP) is 5.60. The molecule has 220 valence electrons.